The molecule has 0 saturated heterocycles. The Labute approximate surface area is 218 Å². The number of aryl methyl sites for hydroxylation is 1. The molecule has 0 aliphatic rings. The van der Waals surface area contributed by atoms with Crippen molar-refractivity contribution in [3.05, 3.63) is 128 Å². The molecule has 8 heteroatoms. The fourth-order valence-electron chi connectivity index (χ4n) is 4.52. The maximum atomic E-state index is 13.6. The fourth-order valence-corrected chi connectivity index (χ4v) is 4.52. The monoisotopic (exact) mass is 510 g/mol. The average Bonchev–Trinajstić information content (AvgIpc) is 3.38. The Bertz CT molecular complexity index is 1650. The van der Waals surface area contributed by atoms with Crippen LogP contribution in [0.5, 0.6) is 0 Å². The standard InChI is InChI=1S/C30H27FN4O3/c1-2-3-9-27-26(29(36)35(19-32-27)18-20-10-13-23(31)14-11-20)17-21-12-15-24(22-7-5-4-6-8-22)25(16-21)28-33-30(37)38-34-28/h4-8,10-16,19H,2-3,9,17-18H2,1H3,(H,33,34,37). The van der Waals surface area contributed by atoms with Gasteiger partial charge >= 0.3 is 5.76 Å². The van der Waals surface area contributed by atoms with E-state index >= 15 is 0 Å². The number of benzene rings is 3. The summed E-state index contributed by atoms with van der Waals surface area (Å²) in [6.45, 7) is 2.40. The van der Waals surface area contributed by atoms with E-state index in [4.69, 9.17) is 4.52 Å². The highest BCUT2D eigenvalue weighted by molar-refractivity contribution is 5.81. The number of unbranched alkanes of at least 4 members (excludes halogenated alkanes) is 1. The Morgan fingerprint density at radius 3 is 2.42 bits per heavy atom. The number of halogens is 1. The topological polar surface area (TPSA) is 93.8 Å². The van der Waals surface area contributed by atoms with Crippen molar-refractivity contribution in [3.8, 4) is 22.5 Å². The first-order valence-electron chi connectivity index (χ1n) is 12.6. The van der Waals surface area contributed by atoms with Crippen LogP contribution >= 0.6 is 0 Å². The van der Waals surface area contributed by atoms with Crippen LogP contribution in [0.25, 0.3) is 22.5 Å². The molecule has 0 fully saturated rings. The van der Waals surface area contributed by atoms with Crippen LogP contribution in [-0.4, -0.2) is 19.7 Å². The second kappa shape index (κ2) is 11.2. The third kappa shape index (κ3) is 5.54. The van der Waals surface area contributed by atoms with E-state index in [1.165, 1.54) is 12.1 Å². The van der Waals surface area contributed by atoms with Gasteiger partial charge in [0.25, 0.3) is 5.56 Å². The number of nitrogens with zero attached hydrogens (tertiary/aromatic N) is 3. The van der Waals surface area contributed by atoms with E-state index in [1.807, 2.05) is 48.5 Å². The van der Waals surface area contributed by atoms with E-state index in [2.05, 4.69) is 22.0 Å². The van der Waals surface area contributed by atoms with Crippen molar-refractivity contribution in [2.75, 3.05) is 0 Å². The molecule has 5 rings (SSSR count). The summed E-state index contributed by atoms with van der Waals surface area (Å²) < 4.78 is 19.7. The first-order chi connectivity index (χ1) is 18.5. The fraction of sp³-hybridized carbons (Fsp3) is 0.200. The van der Waals surface area contributed by atoms with Crippen LogP contribution < -0.4 is 11.3 Å². The van der Waals surface area contributed by atoms with Crippen LogP contribution in [0.4, 0.5) is 4.39 Å². The maximum absolute atomic E-state index is 13.6. The molecule has 5 aromatic rings. The predicted octanol–water partition coefficient (Wildman–Crippen LogP) is 5.37. The third-order valence-corrected chi connectivity index (χ3v) is 6.50. The van der Waals surface area contributed by atoms with E-state index in [1.54, 1.807) is 23.0 Å². The summed E-state index contributed by atoms with van der Waals surface area (Å²) in [5.74, 6) is -0.637. The second-order valence-electron chi connectivity index (χ2n) is 9.20. The summed E-state index contributed by atoms with van der Waals surface area (Å²) in [6, 6.07) is 21.8. The Kier molecular flexibility index (Phi) is 7.40. The van der Waals surface area contributed by atoms with Crippen molar-refractivity contribution in [2.24, 2.45) is 0 Å². The minimum Gasteiger partial charge on any atom is -0.296 e. The number of hydrogen-bond donors (Lipinski definition) is 1. The first kappa shape index (κ1) is 25.1. The molecule has 192 valence electrons. The van der Waals surface area contributed by atoms with Crippen molar-refractivity contribution < 1.29 is 8.91 Å². The number of H-pyrrole nitrogens is 1. The van der Waals surface area contributed by atoms with E-state index in [0.717, 1.165) is 40.8 Å². The molecule has 0 unspecified atom stereocenters. The number of rotatable bonds is 9. The molecule has 0 spiro atoms. The summed E-state index contributed by atoms with van der Waals surface area (Å²) in [5.41, 5.74) is 5.50. The minimum atomic E-state index is -0.637. The molecule has 0 bridgehead atoms. The van der Waals surface area contributed by atoms with Crippen molar-refractivity contribution >= 4 is 0 Å². The van der Waals surface area contributed by atoms with Gasteiger partial charge in [-0.3, -0.25) is 18.9 Å². The van der Waals surface area contributed by atoms with Crippen LogP contribution in [0.2, 0.25) is 0 Å². The lowest BCUT2D eigenvalue weighted by Gasteiger charge is -2.14. The number of hydrogen-bond acceptors (Lipinski definition) is 5. The minimum absolute atomic E-state index is 0.126. The largest absolute Gasteiger partial charge is 0.439 e. The van der Waals surface area contributed by atoms with E-state index in [0.29, 0.717) is 36.3 Å². The van der Waals surface area contributed by atoms with Gasteiger partial charge in [-0.2, -0.15) is 0 Å². The van der Waals surface area contributed by atoms with E-state index < -0.39 is 5.76 Å². The van der Waals surface area contributed by atoms with Gasteiger partial charge in [0.1, 0.15) is 5.82 Å². The lowest BCUT2D eigenvalue weighted by Crippen LogP contribution is -2.27. The molecule has 0 saturated carbocycles. The summed E-state index contributed by atoms with van der Waals surface area (Å²) in [5, 5.41) is 3.92. The van der Waals surface area contributed by atoms with Crippen LogP contribution in [0.15, 0.2) is 93.2 Å². The van der Waals surface area contributed by atoms with Crippen LogP contribution in [0.1, 0.15) is 42.1 Å². The van der Waals surface area contributed by atoms with Gasteiger partial charge in [0, 0.05) is 17.5 Å². The molecular formula is C30H27FN4O3. The van der Waals surface area contributed by atoms with Crippen LogP contribution in [0.3, 0.4) is 0 Å². The molecule has 2 heterocycles. The van der Waals surface area contributed by atoms with Gasteiger partial charge in [0.05, 0.1) is 18.6 Å². The lowest BCUT2D eigenvalue weighted by molar-refractivity contribution is 0.388. The zero-order chi connectivity index (χ0) is 26.5. The summed E-state index contributed by atoms with van der Waals surface area (Å²) in [7, 11) is 0. The zero-order valence-corrected chi connectivity index (χ0v) is 21.0. The van der Waals surface area contributed by atoms with Gasteiger partial charge in [-0.25, -0.2) is 14.2 Å². The number of aromatic nitrogens is 4. The van der Waals surface area contributed by atoms with Crippen molar-refractivity contribution in [2.45, 2.75) is 39.2 Å². The molecule has 7 nitrogen and oxygen atoms in total. The van der Waals surface area contributed by atoms with E-state index in [9.17, 15) is 14.0 Å². The summed E-state index contributed by atoms with van der Waals surface area (Å²) in [4.78, 5) is 32.7. The molecule has 38 heavy (non-hydrogen) atoms. The highest BCUT2D eigenvalue weighted by Crippen LogP contribution is 2.31. The zero-order valence-electron chi connectivity index (χ0n) is 21.0. The lowest BCUT2D eigenvalue weighted by atomic mass is 9.94. The number of aromatic amines is 1. The van der Waals surface area contributed by atoms with Gasteiger partial charge in [0.15, 0.2) is 5.82 Å². The number of nitrogens with one attached hydrogen (secondary N) is 1. The van der Waals surface area contributed by atoms with Gasteiger partial charge in [-0.05, 0) is 53.3 Å². The van der Waals surface area contributed by atoms with Crippen LogP contribution in [-0.2, 0) is 19.4 Å². The smallest absolute Gasteiger partial charge is 0.296 e. The molecule has 2 aromatic heterocycles. The Morgan fingerprint density at radius 1 is 0.947 bits per heavy atom. The SMILES string of the molecule is CCCCc1ncn(Cc2ccc(F)cc2)c(=O)c1Cc1ccc(-c2ccccc2)c(-c2noc(=O)[nH]2)c1. The van der Waals surface area contributed by atoms with Gasteiger partial charge in [0.2, 0.25) is 0 Å². The predicted molar refractivity (Wildman–Crippen MR) is 143 cm³/mol. The quantitative estimate of drug-likeness (QED) is 0.288. The molecule has 0 amide bonds. The van der Waals surface area contributed by atoms with Crippen molar-refractivity contribution in [1.82, 2.24) is 19.7 Å². The summed E-state index contributed by atoms with van der Waals surface area (Å²) in [6.07, 6.45) is 4.53. The first-order valence-corrected chi connectivity index (χ1v) is 12.6. The van der Waals surface area contributed by atoms with Crippen molar-refractivity contribution in [3.63, 3.8) is 0 Å². The van der Waals surface area contributed by atoms with Crippen molar-refractivity contribution in [1.29, 1.82) is 0 Å². The van der Waals surface area contributed by atoms with Gasteiger partial charge in [-0.15, -0.1) is 0 Å². The summed E-state index contributed by atoms with van der Waals surface area (Å²) >= 11 is 0. The second-order valence-corrected chi connectivity index (χ2v) is 9.20. The highest BCUT2D eigenvalue weighted by atomic mass is 19.1. The van der Waals surface area contributed by atoms with Crippen LogP contribution in [0, 0.1) is 5.82 Å². The molecule has 0 aliphatic carbocycles. The molecule has 0 aliphatic heterocycles. The molecule has 0 radical (unpaired) electrons. The Balaban J connectivity index is 1.56. The van der Waals surface area contributed by atoms with E-state index in [-0.39, 0.29) is 11.4 Å². The normalized spacial score (nSPS) is 11.1. The molecule has 1 N–H and O–H groups in total. The molecule has 0 atom stereocenters. The molecule has 3 aromatic carbocycles. The molecular weight excluding hydrogens is 483 g/mol. The average molecular weight is 511 g/mol. The Hall–Kier alpha value is -4.59. The van der Waals surface area contributed by atoms with Gasteiger partial charge in [-0.1, -0.05) is 73.1 Å². The Morgan fingerprint density at radius 2 is 1.71 bits per heavy atom. The maximum Gasteiger partial charge on any atom is 0.439 e. The van der Waals surface area contributed by atoms with Gasteiger partial charge < -0.3 is 0 Å². The third-order valence-electron chi connectivity index (χ3n) is 6.50. The highest BCUT2D eigenvalue weighted by Gasteiger charge is 2.17.